The van der Waals surface area contributed by atoms with Crippen LogP contribution in [-0.4, -0.2) is 28.6 Å². The number of halogens is 3. The van der Waals surface area contributed by atoms with E-state index >= 15 is 0 Å². The molecule has 0 bridgehead atoms. The second-order valence-electron chi connectivity index (χ2n) is 4.08. The van der Waals surface area contributed by atoms with Crippen molar-refractivity contribution in [3.8, 4) is 11.6 Å². The highest BCUT2D eigenvalue weighted by Gasteiger charge is 2.34. The molecule has 0 aliphatic carbocycles. The van der Waals surface area contributed by atoms with Crippen molar-refractivity contribution in [1.29, 1.82) is 0 Å². The number of benzene rings is 1. The minimum absolute atomic E-state index is 0.110. The van der Waals surface area contributed by atoms with E-state index in [1.807, 2.05) is 0 Å². The van der Waals surface area contributed by atoms with Crippen molar-refractivity contribution in [2.75, 3.05) is 13.7 Å². The Hall–Kier alpha value is -2.02. The summed E-state index contributed by atoms with van der Waals surface area (Å²) in [4.78, 5) is 0. The maximum Gasteiger partial charge on any atom is 0.418 e. The fourth-order valence-corrected chi connectivity index (χ4v) is 1.95. The molecular formula is C13H13F3N2O2. The number of alkyl halides is 3. The van der Waals surface area contributed by atoms with E-state index in [1.54, 1.807) is 0 Å². The first-order valence-corrected chi connectivity index (χ1v) is 5.87. The normalized spacial score (nSPS) is 11.7. The third kappa shape index (κ3) is 2.62. The quantitative estimate of drug-likeness (QED) is 0.939. The van der Waals surface area contributed by atoms with Crippen LogP contribution in [0.3, 0.4) is 0 Å². The van der Waals surface area contributed by atoms with Gasteiger partial charge in [-0.1, -0.05) is 12.1 Å². The Morgan fingerprint density at radius 3 is 2.60 bits per heavy atom. The molecule has 1 aromatic carbocycles. The largest absolute Gasteiger partial charge is 0.481 e. The lowest BCUT2D eigenvalue weighted by Crippen LogP contribution is -2.12. The lowest BCUT2D eigenvalue weighted by molar-refractivity contribution is -0.137. The zero-order valence-corrected chi connectivity index (χ0v) is 10.7. The van der Waals surface area contributed by atoms with Gasteiger partial charge in [0.15, 0.2) is 0 Å². The molecule has 1 heterocycles. The molecule has 0 saturated heterocycles. The molecule has 1 aromatic heterocycles. The highest BCUT2D eigenvalue weighted by Crippen LogP contribution is 2.35. The van der Waals surface area contributed by atoms with Crippen LogP contribution < -0.4 is 4.74 Å². The van der Waals surface area contributed by atoms with Crippen LogP contribution >= 0.6 is 0 Å². The fraction of sp³-hybridized carbons (Fsp3) is 0.308. The summed E-state index contributed by atoms with van der Waals surface area (Å²) in [6.45, 7) is -0.136. The zero-order chi connectivity index (χ0) is 14.8. The van der Waals surface area contributed by atoms with Crippen LogP contribution in [0.4, 0.5) is 13.2 Å². The summed E-state index contributed by atoms with van der Waals surface area (Å²) in [7, 11) is 1.35. The van der Waals surface area contributed by atoms with Crippen molar-refractivity contribution in [2.45, 2.75) is 12.6 Å². The second kappa shape index (κ2) is 5.54. The molecule has 0 amide bonds. The summed E-state index contributed by atoms with van der Waals surface area (Å²) >= 11 is 0. The number of rotatable bonds is 4. The van der Waals surface area contributed by atoms with Crippen molar-refractivity contribution in [3.05, 3.63) is 41.6 Å². The van der Waals surface area contributed by atoms with E-state index < -0.39 is 11.7 Å². The van der Waals surface area contributed by atoms with Gasteiger partial charge in [0.1, 0.15) is 0 Å². The number of ether oxygens (including phenoxy) is 1. The van der Waals surface area contributed by atoms with E-state index in [0.29, 0.717) is 5.56 Å². The number of aromatic nitrogens is 2. The molecule has 4 nitrogen and oxygen atoms in total. The monoisotopic (exact) mass is 286 g/mol. The van der Waals surface area contributed by atoms with Gasteiger partial charge in [0.05, 0.1) is 24.6 Å². The summed E-state index contributed by atoms with van der Waals surface area (Å²) < 4.78 is 45.2. The maximum absolute atomic E-state index is 13.0. The number of hydrogen-bond acceptors (Lipinski definition) is 3. The van der Waals surface area contributed by atoms with Gasteiger partial charge in [-0.3, -0.25) is 0 Å². The third-order valence-electron chi connectivity index (χ3n) is 2.81. The van der Waals surface area contributed by atoms with E-state index in [-0.39, 0.29) is 24.6 Å². The van der Waals surface area contributed by atoms with E-state index in [0.717, 1.165) is 10.7 Å². The molecule has 0 radical (unpaired) electrons. The van der Waals surface area contributed by atoms with Crippen LogP contribution in [0.25, 0.3) is 5.69 Å². The minimum atomic E-state index is -4.48. The summed E-state index contributed by atoms with van der Waals surface area (Å²) in [5, 5.41) is 12.9. The number of aliphatic hydroxyl groups excluding tert-OH is 1. The Kier molecular flexibility index (Phi) is 3.99. The minimum Gasteiger partial charge on any atom is -0.481 e. The molecule has 1 N–H and O–H groups in total. The first-order valence-electron chi connectivity index (χ1n) is 5.87. The number of hydrogen-bond donors (Lipinski definition) is 1. The highest BCUT2D eigenvalue weighted by atomic mass is 19.4. The van der Waals surface area contributed by atoms with Crippen molar-refractivity contribution in [2.24, 2.45) is 0 Å². The molecule has 20 heavy (non-hydrogen) atoms. The standard InChI is InChI=1S/C13H13F3N2O2/c1-20-12-9(6-7-19)8-17-18(12)11-5-3-2-4-10(11)13(14,15)16/h2-5,8,19H,6-7H2,1H3. The third-order valence-corrected chi connectivity index (χ3v) is 2.81. The lowest BCUT2D eigenvalue weighted by atomic mass is 10.1. The van der Waals surface area contributed by atoms with Crippen LogP contribution in [-0.2, 0) is 12.6 Å². The van der Waals surface area contributed by atoms with Gasteiger partial charge in [0, 0.05) is 18.6 Å². The van der Waals surface area contributed by atoms with Gasteiger partial charge in [-0.2, -0.15) is 18.3 Å². The van der Waals surface area contributed by atoms with Gasteiger partial charge in [-0.25, -0.2) is 4.68 Å². The average molecular weight is 286 g/mol. The van der Waals surface area contributed by atoms with Crippen molar-refractivity contribution >= 4 is 0 Å². The van der Waals surface area contributed by atoms with Crippen LogP contribution in [0.15, 0.2) is 30.5 Å². The molecule has 0 unspecified atom stereocenters. The molecule has 0 saturated carbocycles. The smallest absolute Gasteiger partial charge is 0.418 e. The summed E-state index contributed by atoms with van der Waals surface area (Å²) in [5.74, 6) is 0.191. The molecule has 2 aromatic rings. The molecular weight excluding hydrogens is 273 g/mol. The van der Waals surface area contributed by atoms with E-state index in [2.05, 4.69) is 5.10 Å². The molecule has 0 atom stereocenters. The first kappa shape index (κ1) is 14.4. The van der Waals surface area contributed by atoms with Gasteiger partial charge < -0.3 is 9.84 Å². The molecule has 7 heteroatoms. The maximum atomic E-state index is 13.0. The Bertz CT molecular complexity index is 594. The van der Waals surface area contributed by atoms with E-state index in [9.17, 15) is 13.2 Å². The average Bonchev–Trinajstić information content (AvgIpc) is 2.81. The van der Waals surface area contributed by atoms with Crippen LogP contribution in [0.5, 0.6) is 5.88 Å². The Morgan fingerprint density at radius 2 is 2.00 bits per heavy atom. The van der Waals surface area contributed by atoms with E-state index in [1.165, 1.54) is 31.5 Å². The van der Waals surface area contributed by atoms with Gasteiger partial charge in [-0.15, -0.1) is 0 Å². The highest BCUT2D eigenvalue weighted by molar-refractivity contribution is 5.46. The van der Waals surface area contributed by atoms with Crippen LogP contribution in [0, 0.1) is 0 Å². The predicted molar refractivity (Wildman–Crippen MR) is 65.9 cm³/mol. The molecule has 0 aliphatic heterocycles. The molecule has 0 fully saturated rings. The Balaban J connectivity index is 2.58. The Labute approximate surface area is 113 Å². The number of methoxy groups -OCH3 is 1. The first-order chi connectivity index (χ1) is 9.49. The molecule has 108 valence electrons. The fourth-order valence-electron chi connectivity index (χ4n) is 1.95. The molecule has 0 aliphatic rings. The van der Waals surface area contributed by atoms with Gasteiger partial charge in [-0.05, 0) is 12.1 Å². The summed E-state index contributed by atoms with van der Waals surface area (Å²) in [6, 6.07) is 5.12. The van der Waals surface area contributed by atoms with Crippen molar-refractivity contribution in [3.63, 3.8) is 0 Å². The molecule has 0 spiro atoms. The topological polar surface area (TPSA) is 47.3 Å². The lowest BCUT2D eigenvalue weighted by Gasteiger charge is -2.14. The second-order valence-corrected chi connectivity index (χ2v) is 4.08. The van der Waals surface area contributed by atoms with Crippen LogP contribution in [0.2, 0.25) is 0 Å². The summed E-state index contributed by atoms with van der Waals surface area (Å²) in [5.41, 5.74) is -0.357. The summed E-state index contributed by atoms with van der Waals surface area (Å²) in [6.07, 6.45) is -2.83. The van der Waals surface area contributed by atoms with Crippen molar-refractivity contribution in [1.82, 2.24) is 9.78 Å². The van der Waals surface area contributed by atoms with Gasteiger partial charge >= 0.3 is 6.18 Å². The van der Waals surface area contributed by atoms with E-state index in [4.69, 9.17) is 9.84 Å². The SMILES string of the molecule is COc1c(CCO)cnn1-c1ccccc1C(F)(F)F. The molecule has 2 rings (SSSR count). The predicted octanol–water partition coefficient (Wildman–Crippen LogP) is 2.43. The number of nitrogens with zero attached hydrogens (tertiary/aromatic N) is 2. The number of para-hydroxylation sites is 1. The van der Waals surface area contributed by atoms with Crippen LogP contribution in [0.1, 0.15) is 11.1 Å². The van der Waals surface area contributed by atoms with Crippen molar-refractivity contribution < 1.29 is 23.0 Å². The van der Waals surface area contributed by atoms with Gasteiger partial charge in [0.25, 0.3) is 0 Å². The zero-order valence-electron chi connectivity index (χ0n) is 10.7. The number of aliphatic hydroxyl groups is 1. The van der Waals surface area contributed by atoms with Gasteiger partial charge in [0.2, 0.25) is 5.88 Å². The Morgan fingerprint density at radius 1 is 1.30 bits per heavy atom.